The van der Waals surface area contributed by atoms with Crippen LogP contribution in [0.1, 0.15) is 18.1 Å². The summed E-state index contributed by atoms with van der Waals surface area (Å²) in [6.45, 7) is 1.95. The van der Waals surface area contributed by atoms with Gasteiger partial charge in [-0.25, -0.2) is 17.6 Å². The molecule has 0 atom stereocenters. The molecule has 0 fully saturated rings. The minimum Gasteiger partial charge on any atom is -0.497 e. The maximum absolute atomic E-state index is 14.7. The van der Waals surface area contributed by atoms with Crippen molar-refractivity contribution in [3.8, 4) is 33.8 Å². The molecule has 0 heterocycles. The molecule has 4 rings (SSSR count). The summed E-state index contributed by atoms with van der Waals surface area (Å²) in [6, 6.07) is 18.8. The lowest BCUT2D eigenvalue weighted by molar-refractivity contribution is 0.131. The first-order chi connectivity index (χ1) is 17.4. The van der Waals surface area contributed by atoms with Gasteiger partial charge >= 0.3 is 0 Å². The smallest absolute Gasteiger partial charge is 0.167 e. The second-order valence-electron chi connectivity index (χ2n) is 7.98. The second kappa shape index (κ2) is 11.3. The van der Waals surface area contributed by atoms with Crippen LogP contribution < -0.4 is 9.47 Å². The van der Waals surface area contributed by atoms with Crippen LogP contribution in [0.25, 0.3) is 22.3 Å². The lowest BCUT2D eigenvalue weighted by Crippen LogP contribution is -2.02. The molecule has 0 saturated carbocycles. The van der Waals surface area contributed by atoms with Gasteiger partial charge < -0.3 is 14.2 Å². The molecule has 0 bridgehead atoms. The van der Waals surface area contributed by atoms with Crippen molar-refractivity contribution in [2.45, 2.75) is 20.1 Å². The van der Waals surface area contributed by atoms with Crippen molar-refractivity contribution in [1.29, 1.82) is 0 Å². The van der Waals surface area contributed by atoms with Crippen molar-refractivity contribution in [3.63, 3.8) is 0 Å². The van der Waals surface area contributed by atoms with E-state index in [1.54, 1.807) is 55.5 Å². The van der Waals surface area contributed by atoms with Crippen LogP contribution in [0.15, 0.2) is 72.8 Å². The third-order valence-corrected chi connectivity index (χ3v) is 5.75. The highest BCUT2D eigenvalue weighted by molar-refractivity contribution is 5.66. The topological polar surface area (TPSA) is 27.7 Å². The molecule has 4 aromatic rings. The summed E-state index contributed by atoms with van der Waals surface area (Å²) in [5.74, 6) is -2.90. The number of methoxy groups -OCH3 is 1. The molecule has 36 heavy (non-hydrogen) atoms. The molecule has 0 aliphatic rings. The van der Waals surface area contributed by atoms with Crippen molar-refractivity contribution >= 4 is 0 Å². The van der Waals surface area contributed by atoms with Crippen molar-refractivity contribution < 1.29 is 31.8 Å². The summed E-state index contributed by atoms with van der Waals surface area (Å²) in [7, 11) is 1.52. The van der Waals surface area contributed by atoms with E-state index in [9.17, 15) is 17.6 Å². The van der Waals surface area contributed by atoms with Crippen LogP contribution in [0.2, 0.25) is 0 Å². The maximum Gasteiger partial charge on any atom is 0.167 e. The molecule has 0 aliphatic heterocycles. The molecule has 4 aromatic carbocycles. The van der Waals surface area contributed by atoms with E-state index in [4.69, 9.17) is 14.2 Å². The molecule has 7 heteroatoms. The van der Waals surface area contributed by atoms with Crippen LogP contribution in [0.4, 0.5) is 17.6 Å². The van der Waals surface area contributed by atoms with Crippen LogP contribution in [0, 0.1) is 23.3 Å². The van der Waals surface area contributed by atoms with Crippen LogP contribution in [-0.2, 0) is 18.0 Å². The van der Waals surface area contributed by atoms with Gasteiger partial charge in [-0.2, -0.15) is 0 Å². The van der Waals surface area contributed by atoms with E-state index >= 15 is 0 Å². The minimum atomic E-state index is -0.996. The van der Waals surface area contributed by atoms with Crippen LogP contribution in [-0.4, -0.2) is 13.7 Å². The fourth-order valence-electron chi connectivity index (χ4n) is 3.72. The quantitative estimate of drug-likeness (QED) is 0.222. The van der Waals surface area contributed by atoms with Crippen molar-refractivity contribution in [2.75, 3.05) is 13.7 Å². The lowest BCUT2D eigenvalue weighted by Gasteiger charge is -2.12. The Hall–Kier alpha value is -3.84. The Morgan fingerprint density at radius 3 is 1.50 bits per heavy atom. The zero-order chi connectivity index (χ0) is 25.7. The maximum atomic E-state index is 14.7. The Morgan fingerprint density at radius 1 is 0.556 bits per heavy atom. The summed E-state index contributed by atoms with van der Waals surface area (Å²) >= 11 is 0. The SMILES string of the molecule is CCOCc1ccc(-c2ccc(OCc3ccc(-c4ccc(OC)cc4)c(F)c3F)cc2)c(F)c1F. The van der Waals surface area contributed by atoms with Crippen molar-refractivity contribution in [2.24, 2.45) is 0 Å². The van der Waals surface area contributed by atoms with Gasteiger partial charge in [-0.05, 0) is 42.3 Å². The highest BCUT2D eigenvalue weighted by atomic mass is 19.2. The summed E-state index contributed by atoms with van der Waals surface area (Å²) in [5.41, 5.74) is 1.39. The largest absolute Gasteiger partial charge is 0.497 e. The number of benzene rings is 4. The van der Waals surface area contributed by atoms with E-state index in [0.717, 1.165) is 0 Å². The highest BCUT2D eigenvalue weighted by Gasteiger charge is 2.17. The number of ether oxygens (including phenoxy) is 3. The monoisotopic (exact) mass is 496 g/mol. The molecule has 0 aliphatic carbocycles. The summed E-state index contributed by atoms with van der Waals surface area (Å²) < 4.78 is 74.2. The third-order valence-electron chi connectivity index (χ3n) is 5.75. The molecule has 0 radical (unpaired) electrons. The minimum absolute atomic E-state index is 0.00938. The zero-order valence-corrected chi connectivity index (χ0v) is 19.8. The predicted octanol–water partition coefficient (Wildman–Crippen LogP) is 7.70. The van der Waals surface area contributed by atoms with Gasteiger partial charge in [0.1, 0.15) is 18.1 Å². The van der Waals surface area contributed by atoms with Gasteiger partial charge in [-0.15, -0.1) is 0 Å². The molecule has 3 nitrogen and oxygen atoms in total. The van der Waals surface area contributed by atoms with Crippen molar-refractivity contribution in [3.05, 3.63) is 107 Å². The van der Waals surface area contributed by atoms with Gasteiger partial charge in [-0.3, -0.25) is 0 Å². The summed E-state index contributed by atoms with van der Waals surface area (Å²) in [6.07, 6.45) is 0. The molecule has 0 aromatic heterocycles. The molecule has 0 N–H and O–H groups in total. The van der Waals surface area contributed by atoms with E-state index in [1.165, 1.54) is 31.4 Å². The Morgan fingerprint density at radius 2 is 1.03 bits per heavy atom. The van der Waals surface area contributed by atoms with E-state index in [0.29, 0.717) is 29.2 Å². The highest BCUT2D eigenvalue weighted by Crippen LogP contribution is 2.30. The standard InChI is InChI=1S/C29H24F4O3/c1-3-35-16-20-8-14-24(28(32)26(20)30)19-6-12-23(13-7-19)36-17-21-9-15-25(29(33)27(21)31)18-4-10-22(34-2)11-5-18/h4-15H,3,16-17H2,1-2H3. The van der Waals surface area contributed by atoms with E-state index in [2.05, 4.69) is 0 Å². The summed E-state index contributed by atoms with van der Waals surface area (Å²) in [4.78, 5) is 0. The number of halogens is 4. The van der Waals surface area contributed by atoms with E-state index in [1.807, 2.05) is 0 Å². The first kappa shape index (κ1) is 25.3. The fraction of sp³-hybridized carbons (Fsp3) is 0.172. The predicted molar refractivity (Wildman–Crippen MR) is 130 cm³/mol. The molecular formula is C29H24F4O3. The first-order valence-electron chi connectivity index (χ1n) is 11.3. The van der Waals surface area contributed by atoms with Crippen LogP contribution >= 0.6 is 0 Å². The molecule has 0 spiro atoms. The molecule has 0 saturated heterocycles. The molecule has 186 valence electrons. The van der Waals surface area contributed by atoms with Gasteiger partial charge in [0.15, 0.2) is 23.3 Å². The van der Waals surface area contributed by atoms with E-state index < -0.39 is 23.3 Å². The Labute approximate surface area is 206 Å². The molecule has 0 amide bonds. The molecular weight excluding hydrogens is 472 g/mol. The average molecular weight is 497 g/mol. The second-order valence-corrected chi connectivity index (χ2v) is 7.98. The average Bonchev–Trinajstić information content (AvgIpc) is 2.91. The van der Waals surface area contributed by atoms with Crippen LogP contribution in [0.5, 0.6) is 11.5 Å². The van der Waals surface area contributed by atoms with Gasteiger partial charge in [0.25, 0.3) is 0 Å². The molecule has 0 unspecified atom stereocenters. The first-order valence-corrected chi connectivity index (χ1v) is 11.3. The van der Waals surface area contributed by atoms with Crippen molar-refractivity contribution in [1.82, 2.24) is 0 Å². The Bertz CT molecular complexity index is 1340. The number of hydrogen-bond donors (Lipinski definition) is 0. The normalized spacial score (nSPS) is 10.9. The Kier molecular flexibility index (Phi) is 7.90. The van der Waals surface area contributed by atoms with E-state index in [-0.39, 0.29) is 35.5 Å². The van der Waals surface area contributed by atoms with Gasteiger partial charge in [0.05, 0.1) is 13.7 Å². The summed E-state index contributed by atoms with van der Waals surface area (Å²) in [5, 5.41) is 0. The number of hydrogen-bond acceptors (Lipinski definition) is 3. The number of rotatable bonds is 9. The van der Waals surface area contributed by atoms with Gasteiger partial charge in [0, 0.05) is 28.9 Å². The lowest BCUT2D eigenvalue weighted by atomic mass is 10.0. The Balaban J connectivity index is 1.46. The fourth-order valence-corrected chi connectivity index (χ4v) is 3.72. The van der Waals surface area contributed by atoms with Gasteiger partial charge in [0.2, 0.25) is 0 Å². The zero-order valence-electron chi connectivity index (χ0n) is 19.8. The van der Waals surface area contributed by atoms with Crippen LogP contribution in [0.3, 0.4) is 0 Å². The van der Waals surface area contributed by atoms with Gasteiger partial charge in [-0.1, -0.05) is 48.5 Å². The third kappa shape index (κ3) is 5.36.